The lowest BCUT2D eigenvalue weighted by Gasteiger charge is -1.98. The van der Waals surface area contributed by atoms with Crippen LogP contribution in [0.25, 0.3) is 6.08 Å². The van der Waals surface area contributed by atoms with Crippen LogP contribution >= 0.6 is 0 Å². The van der Waals surface area contributed by atoms with Gasteiger partial charge in [-0.3, -0.25) is 9.59 Å². The van der Waals surface area contributed by atoms with Gasteiger partial charge in [0.05, 0.1) is 7.11 Å². The molecule has 4 nitrogen and oxygen atoms in total. The van der Waals surface area contributed by atoms with E-state index in [0.717, 1.165) is 11.1 Å². The van der Waals surface area contributed by atoms with Gasteiger partial charge in [-0.25, -0.2) is 4.79 Å². The monoisotopic (exact) mass is 334 g/mol. The first-order valence-electron chi connectivity index (χ1n) is 8.07. The van der Waals surface area contributed by atoms with E-state index in [9.17, 15) is 14.4 Å². The number of rotatable bonds is 6. The standard InChI is InChI=1S/C21H18O4/c1-25-21(24)20(23)19-17(15-10-6-3-7-11-15)18(19)16(22)13-12-14-8-4-2-5-9-14/h2-13,17-19H,1H3/b13-12+/t17-,18-,19+/m1/s1. The van der Waals surface area contributed by atoms with Crippen molar-refractivity contribution in [3.05, 3.63) is 77.9 Å². The molecule has 1 fully saturated rings. The van der Waals surface area contributed by atoms with Crippen molar-refractivity contribution in [2.24, 2.45) is 11.8 Å². The zero-order valence-corrected chi connectivity index (χ0v) is 13.8. The van der Waals surface area contributed by atoms with Crippen LogP contribution in [0, 0.1) is 11.8 Å². The van der Waals surface area contributed by atoms with Crippen LogP contribution in [0.4, 0.5) is 0 Å². The van der Waals surface area contributed by atoms with E-state index in [2.05, 4.69) is 4.74 Å². The number of allylic oxidation sites excluding steroid dienone is 1. The topological polar surface area (TPSA) is 60.4 Å². The maximum absolute atomic E-state index is 12.6. The van der Waals surface area contributed by atoms with Crippen molar-refractivity contribution in [1.82, 2.24) is 0 Å². The highest BCUT2D eigenvalue weighted by atomic mass is 16.5. The summed E-state index contributed by atoms with van der Waals surface area (Å²) in [7, 11) is 1.17. The number of ether oxygens (including phenoxy) is 1. The van der Waals surface area contributed by atoms with Gasteiger partial charge in [0.25, 0.3) is 0 Å². The molecule has 25 heavy (non-hydrogen) atoms. The molecule has 3 rings (SSSR count). The van der Waals surface area contributed by atoms with Gasteiger partial charge in [-0.1, -0.05) is 66.7 Å². The molecule has 0 bridgehead atoms. The van der Waals surface area contributed by atoms with Gasteiger partial charge in [0.2, 0.25) is 5.78 Å². The maximum Gasteiger partial charge on any atom is 0.374 e. The summed E-state index contributed by atoms with van der Waals surface area (Å²) < 4.78 is 4.54. The highest BCUT2D eigenvalue weighted by Crippen LogP contribution is 2.55. The molecule has 0 saturated heterocycles. The SMILES string of the molecule is COC(=O)C(=O)[C@@H]1[C@H](C(=O)/C=C/c2ccccc2)[C@H]1c1ccccc1. The van der Waals surface area contributed by atoms with Crippen LogP contribution in [-0.2, 0) is 19.1 Å². The molecule has 0 aromatic heterocycles. The Bertz CT molecular complexity index is 808. The van der Waals surface area contributed by atoms with Crippen molar-refractivity contribution in [3.63, 3.8) is 0 Å². The minimum Gasteiger partial charge on any atom is -0.463 e. The number of hydrogen-bond acceptors (Lipinski definition) is 4. The lowest BCUT2D eigenvalue weighted by Crippen LogP contribution is -2.19. The van der Waals surface area contributed by atoms with Crippen LogP contribution in [-0.4, -0.2) is 24.6 Å². The lowest BCUT2D eigenvalue weighted by molar-refractivity contribution is -0.152. The Hall–Kier alpha value is -3.01. The second-order valence-corrected chi connectivity index (χ2v) is 5.99. The summed E-state index contributed by atoms with van der Waals surface area (Å²) in [4.78, 5) is 36.5. The molecule has 0 N–H and O–H groups in total. The Morgan fingerprint density at radius 3 is 2.08 bits per heavy atom. The number of benzene rings is 2. The molecule has 4 heteroatoms. The van der Waals surface area contributed by atoms with Gasteiger partial charge in [0.15, 0.2) is 5.78 Å². The molecule has 0 amide bonds. The molecule has 1 saturated carbocycles. The Morgan fingerprint density at radius 2 is 1.48 bits per heavy atom. The van der Waals surface area contributed by atoms with Gasteiger partial charge >= 0.3 is 5.97 Å². The predicted octanol–water partition coefficient (Wildman–Crippen LogP) is 3.04. The number of ketones is 2. The van der Waals surface area contributed by atoms with Gasteiger partial charge in [-0.05, 0) is 17.2 Å². The summed E-state index contributed by atoms with van der Waals surface area (Å²) in [6, 6.07) is 18.8. The first kappa shape index (κ1) is 16.8. The Labute approximate surface area is 146 Å². The zero-order valence-electron chi connectivity index (χ0n) is 13.8. The summed E-state index contributed by atoms with van der Waals surface area (Å²) in [5.41, 5.74) is 1.79. The Morgan fingerprint density at radius 1 is 0.880 bits per heavy atom. The average Bonchev–Trinajstić information content (AvgIpc) is 3.42. The third-order valence-corrected chi connectivity index (χ3v) is 4.46. The highest BCUT2D eigenvalue weighted by molar-refractivity contribution is 6.36. The summed E-state index contributed by atoms with van der Waals surface area (Å²) in [5, 5.41) is 0. The fourth-order valence-electron chi connectivity index (χ4n) is 3.17. The molecule has 0 heterocycles. The number of Topliss-reactive ketones (excluding diaryl/α,β-unsaturated/α-hetero) is 1. The molecule has 0 aliphatic heterocycles. The van der Waals surface area contributed by atoms with Crippen molar-refractivity contribution in [3.8, 4) is 0 Å². The molecular formula is C21H18O4. The molecule has 2 aromatic carbocycles. The van der Waals surface area contributed by atoms with Crippen molar-refractivity contribution in [2.75, 3.05) is 7.11 Å². The van der Waals surface area contributed by atoms with E-state index in [1.165, 1.54) is 13.2 Å². The molecule has 0 radical (unpaired) electrons. The van der Waals surface area contributed by atoms with Gasteiger partial charge in [0.1, 0.15) is 0 Å². The summed E-state index contributed by atoms with van der Waals surface area (Å²) in [6.07, 6.45) is 3.21. The largest absolute Gasteiger partial charge is 0.463 e. The van der Waals surface area contributed by atoms with Crippen molar-refractivity contribution in [2.45, 2.75) is 5.92 Å². The van der Waals surface area contributed by atoms with Crippen LogP contribution in [0.5, 0.6) is 0 Å². The number of carbonyl (C=O) groups is 3. The average molecular weight is 334 g/mol. The van der Waals surface area contributed by atoms with E-state index in [1.807, 2.05) is 60.7 Å². The predicted molar refractivity (Wildman–Crippen MR) is 93.7 cm³/mol. The van der Waals surface area contributed by atoms with Gasteiger partial charge in [0, 0.05) is 17.8 Å². The second-order valence-electron chi connectivity index (χ2n) is 5.99. The van der Waals surface area contributed by atoms with E-state index in [4.69, 9.17) is 0 Å². The first-order chi connectivity index (χ1) is 12.1. The van der Waals surface area contributed by atoms with E-state index in [-0.39, 0.29) is 11.7 Å². The van der Waals surface area contributed by atoms with E-state index < -0.39 is 23.6 Å². The first-order valence-corrected chi connectivity index (χ1v) is 8.07. The maximum atomic E-state index is 12.6. The minimum atomic E-state index is -0.895. The van der Waals surface area contributed by atoms with E-state index >= 15 is 0 Å². The van der Waals surface area contributed by atoms with Crippen molar-refractivity contribution >= 4 is 23.6 Å². The highest BCUT2D eigenvalue weighted by Gasteiger charge is 2.60. The second kappa shape index (κ2) is 7.26. The molecule has 1 aliphatic rings. The van der Waals surface area contributed by atoms with Gasteiger partial charge in [-0.15, -0.1) is 0 Å². The van der Waals surface area contributed by atoms with Crippen LogP contribution in [0.2, 0.25) is 0 Å². The molecule has 1 aliphatic carbocycles. The van der Waals surface area contributed by atoms with Gasteiger partial charge in [-0.2, -0.15) is 0 Å². The van der Waals surface area contributed by atoms with Crippen LogP contribution in [0.3, 0.4) is 0 Å². The summed E-state index contributed by atoms with van der Waals surface area (Å²) in [5.74, 6) is -3.13. The molecule has 3 atom stereocenters. The Balaban J connectivity index is 1.82. The van der Waals surface area contributed by atoms with Gasteiger partial charge < -0.3 is 4.74 Å². The molecular weight excluding hydrogens is 316 g/mol. The molecule has 0 spiro atoms. The molecule has 126 valence electrons. The molecule has 0 unspecified atom stereocenters. The third-order valence-electron chi connectivity index (χ3n) is 4.46. The van der Waals surface area contributed by atoms with Crippen molar-refractivity contribution in [1.29, 1.82) is 0 Å². The van der Waals surface area contributed by atoms with Crippen molar-refractivity contribution < 1.29 is 19.1 Å². The number of esters is 1. The summed E-state index contributed by atoms with van der Waals surface area (Å²) in [6.45, 7) is 0. The Kier molecular flexibility index (Phi) is 4.89. The van der Waals surface area contributed by atoms with Crippen LogP contribution < -0.4 is 0 Å². The number of carbonyl (C=O) groups excluding carboxylic acids is 3. The molecule has 2 aromatic rings. The fourth-order valence-corrected chi connectivity index (χ4v) is 3.17. The normalized spacial score (nSPS) is 21.7. The summed E-state index contributed by atoms with van der Waals surface area (Å²) >= 11 is 0. The lowest BCUT2D eigenvalue weighted by atomic mass is 10.1. The van der Waals surface area contributed by atoms with Crippen LogP contribution in [0.15, 0.2) is 66.7 Å². The van der Waals surface area contributed by atoms with E-state index in [0.29, 0.717) is 0 Å². The third kappa shape index (κ3) is 3.58. The minimum absolute atomic E-state index is 0.153. The number of hydrogen-bond donors (Lipinski definition) is 0. The zero-order chi connectivity index (χ0) is 17.8. The quantitative estimate of drug-likeness (QED) is 0.463. The fraction of sp³-hybridized carbons (Fsp3) is 0.190. The van der Waals surface area contributed by atoms with E-state index in [1.54, 1.807) is 6.08 Å². The smallest absolute Gasteiger partial charge is 0.374 e. The number of methoxy groups -OCH3 is 1. The van der Waals surface area contributed by atoms with Crippen LogP contribution in [0.1, 0.15) is 17.0 Å².